The maximum absolute atomic E-state index is 13.4. The second kappa shape index (κ2) is 10.5. The molecule has 0 aromatic heterocycles. The van der Waals surface area contributed by atoms with Gasteiger partial charge in [-0.1, -0.05) is 18.5 Å². The van der Waals surface area contributed by atoms with E-state index in [-0.39, 0.29) is 6.10 Å². The number of hydrogen-bond donors (Lipinski definition) is 1. The Morgan fingerprint density at radius 1 is 1.14 bits per heavy atom. The van der Waals surface area contributed by atoms with Crippen LogP contribution >= 0.6 is 11.6 Å². The van der Waals surface area contributed by atoms with Crippen molar-refractivity contribution in [3.8, 4) is 11.5 Å². The quantitative estimate of drug-likeness (QED) is 0.506. The number of carbonyl (C=O) groups is 1. The van der Waals surface area contributed by atoms with Gasteiger partial charge in [0.25, 0.3) is 0 Å². The van der Waals surface area contributed by atoms with Crippen LogP contribution in [-0.4, -0.2) is 55.3 Å². The highest BCUT2D eigenvalue weighted by molar-refractivity contribution is 6.33. The number of ether oxygens (including phenoxy) is 2. The van der Waals surface area contributed by atoms with Crippen LogP contribution < -0.4 is 19.4 Å². The van der Waals surface area contributed by atoms with Crippen molar-refractivity contribution in [1.82, 2.24) is 0 Å². The zero-order valence-corrected chi connectivity index (χ0v) is 20.6. The highest BCUT2D eigenvalue weighted by Crippen LogP contribution is 2.37. The van der Waals surface area contributed by atoms with Crippen LogP contribution in [0.5, 0.6) is 11.5 Å². The van der Waals surface area contributed by atoms with Crippen molar-refractivity contribution in [2.24, 2.45) is 11.0 Å². The number of rotatable bonds is 7. The zero-order chi connectivity index (χ0) is 26.0. The fourth-order valence-electron chi connectivity index (χ4n) is 4.63. The summed E-state index contributed by atoms with van der Waals surface area (Å²) in [7, 11) is 1.61. The van der Waals surface area contributed by atoms with E-state index in [0.717, 1.165) is 42.4 Å². The zero-order valence-electron chi connectivity index (χ0n) is 19.8. The first-order valence-electron chi connectivity index (χ1n) is 11.6. The highest BCUT2D eigenvalue weighted by Gasteiger charge is 2.48. The Kier molecular flexibility index (Phi) is 7.54. The molecule has 2 aliphatic rings. The molecule has 2 heterocycles. The Hall–Kier alpha value is -3.14. The van der Waals surface area contributed by atoms with E-state index in [0.29, 0.717) is 16.5 Å². The van der Waals surface area contributed by atoms with E-state index in [2.05, 4.69) is 10.0 Å². The predicted octanol–water partition coefficient (Wildman–Crippen LogP) is 5.61. The summed E-state index contributed by atoms with van der Waals surface area (Å²) in [5, 5.41) is 14.8. The van der Waals surface area contributed by atoms with Crippen LogP contribution in [0.2, 0.25) is 5.02 Å². The number of hydrazone groups is 1. The van der Waals surface area contributed by atoms with Gasteiger partial charge in [0.2, 0.25) is 0 Å². The predicted molar refractivity (Wildman–Crippen MR) is 131 cm³/mol. The number of carboxylic acid groups (broad SMARTS) is 1. The van der Waals surface area contributed by atoms with Crippen LogP contribution in [0.1, 0.15) is 26.2 Å². The molecule has 0 saturated carbocycles. The van der Waals surface area contributed by atoms with Gasteiger partial charge in [-0.3, -0.25) is 9.80 Å². The van der Waals surface area contributed by atoms with E-state index in [4.69, 9.17) is 21.1 Å². The van der Waals surface area contributed by atoms with Crippen LogP contribution in [-0.2, 0) is 4.79 Å². The van der Waals surface area contributed by atoms with Gasteiger partial charge in [-0.05, 0) is 36.4 Å². The first-order chi connectivity index (χ1) is 17.1. The van der Waals surface area contributed by atoms with Gasteiger partial charge in [0.15, 0.2) is 0 Å². The fourth-order valence-corrected chi connectivity index (χ4v) is 4.86. The van der Waals surface area contributed by atoms with E-state index in [1.54, 1.807) is 31.4 Å². The standard InChI is InChI=1S/C25H27ClF3N3O4/c1-15-21(14-23(33)34)32(30-24(15)25(27,28)29)16-3-5-17(6-4-16)36-18-9-11-31(12-10-18)22-13-19(35-2)7-8-20(22)26/h3-8,13,15,18,21H,9-12,14H2,1-2H3,(H,33,34). The van der Waals surface area contributed by atoms with Gasteiger partial charge in [-0.25, -0.2) is 0 Å². The van der Waals surface area contributed by atoms with E-state index in [1.165, 1.54) is 6.92 Å². The number of carboxylic acids is 1. The summed E-state index contributed by atoms with van der Waals surface area (Å²) in [6, 6.07) is 11.1. The second-order valence-electron chi connectivity index (χ2n) is 8.90. The summed E-state index contributed by atoms with van der Waals surface area (Å²) in [4.78, 5) is 13.5. The number of hydrogen-bond acceptors (Lipinski definition) is 6. The van der Waals surface area contributed by atoms with E-state index in [9.17, 15) is 23.1 Å². The van der Waals surface area contributed by atoms with E-state index in [1.807, 2.05) is 18.2 Å². The number of halogens is 4. The van der Waals surface area contributed by atoms with Crippen molar-refractivity contribution in [3.05, 3.63) is 47.5 Å². The van der Waals surface area contributed by atoms with Crippen molar-refractivity contribution in [1.29, 1.82) is 0 Å². The molecule has 2 unspecified atom stereocenters. The summed E-state index contributed by atoms with van der Waals surface area (Å²) in [5.41, 5.74) is 0.313. The molecule has 0 radical (unpaired) electrons. The lowest BCUT2D eigenvalue weighted by Gasteiger charge is -2.34. The molecule has 1 fully saturated rings. The van der Waals surface area contributed by atoms with Crippen LogP contribution in [0, 0.1) is 5.92 Å². The number of aliphatic carboxylic acids is 1. The van der Waals surface area contributed by atoms with Gasteiger partial charge < -0.3 is 19.5 Å². The molecular formula is C25H27ClF3N3O4. The van der Waals surface area contributed by atoms with E-state index >= 15 is 0 Å². The second-order valence-corrected chi connectivity index (χ2v) is 9.30. The highest BCUT2D eigenvalue weighted by atomic mass is 35.5. The lowest BCUT2D eigenvalue weighted by molar-refractivity contribution is -0.137. The summed E-state index contributed by atoms with van der Waals surface area (Å²) in [5.74, 6) is -0.937. The maximum atomic E-state index is 13.4. The molecule has 0 aliphatic carbocycles. The monoisotopic (exact) mass is 525 g/mol. The van der Waals surface area contributed by atoms with Gasteiger partial charge >= 0.3 is 12.1 Å². The van der Waals surface area contributed by atoms with Gasteiger partial charge in [0.1, 0.15) is 23.3 Å². The Morgan fingerprint density at radius 3 is 2.36 bits per heavy atom. The average molecular weight is 526 g/mol. The Balaban J connectivity index is 1.41. The number of methoxy groups -OCH3 is 1. The molecule has 0 amide bonds. The van der Waals surface area contributed by atoms with Crippen LogP contribution in [0.4, 0.5) is 24.5 Å². The van der Waals surface area contributed by atoms with E-state index < -0.39 is 36.2 Å². The molecule has 2 aromatic carbocycles. The number of nitrogens with zero attached hydrogens (tertiary/aromatic N) is 3. The summed E-state index contributed by atoms with van der Waals surface area (Å²) in [6.45, 7) is 2.84. The summed E-state index contributed by atoms with van der Waals surface area (Å²) < 4.78 is 51.6. The first-order valence-corrected chi connectivity index (χ1v) is 12.0. The molecule has 2 aliphatic heterocycles. The molecular weight excluding hydrogens is 499 g/mol. The first kappa shape index (κ1) is 25.9. The van der Waals surface area contributed by atoms with Crippen molar-refractivity contribution < 1.29 is 32.5 Å². The average Bonchev–Trinajstić information content (AvgIpc) is 3.16. The third kappa shape index (κ3) is 5.64. The Bertz CT molecular complexity index is 1120. The number of benzene rings is 2. The van der Waals surface area contributed by atoms with Crippen molar-refractivity contribution in [3.63, 3.8) is 0 Å². The fraction of sp³-hybridized carbons (Fsp3) is 0.440. The number of anilines is 2. The minimum atomic E-state index is -4.63. The SMILES string of the molecule is COc1ccc(Cl)c(N2CCC(Oc3ccc(N4N=C(C(F)(F)F)C(C)C4CC(=O)O)cc3)CC2)c1. The summed E-state index contributed by atoms with van der Waals surface area (Å²) >= 11 is 6.37. The van der Waals surface area contributed by atoms with Gasteiger partial charge in [0, 0.05) is 37.9 Å². The van der Waals surface area contributed by atoms with Crippen molar-refractivity contribution in [2.75, 3.05) is 30.1 Å². The molecule has 1 saturated heterocycles. The minimum absolute atomic E-state index is 0.0297. The van der Waals surface area contributed by atoms with Crippen LogP contribution in [0.25, 0.3) is 0 Å². The Labute approximate surface area is 212 Å². The lowest BCUT2D eigenvalue weighted by atomic mass is 9.94. The molecule has 36 heavy (non-hydrogen) atoms. The normalized spacial score (nSPS) is 20.9. The number of piperidine rings is 1. The molecule has 0 bridgehead atoms. The van der Waals surface area contributed by atoms with Crippen LogP contribution in [0.3, 0.4) is 0 Å². The molecule has 4 rings (SSSR count). The van der Waals surface area contributed by atoms with Crippen molar-refractivity contribution in [2.45, 2.75) is 44.5 Å². The maximum Gasteiger partial charge on any atom is 0.431 e. The molecule has 7 nitrogen and oxygen atoms in total. The molecule has 1 N–H and O–H groups in total. The summed E-state index contributed by atoms with van der Waals surface area (Å²) in [6.07, 6.45) is -3.59. The topological polar surface area (TPSA) is 74.6 Å². The third-order valence-electron chi connectivity index (χ3n) is 6.55. The Morgan fingerprint density at radius 2 is 1.78 bits per heavy atom. The van der Waals surface area contributed by atoms with Gasteiger partial charge in [0.05, 0.1) is 36.0 Å². The van der Waals surface area contributed by atoms with Crippen LogP contribution in [0.15, 0.2) is 47.6 Å². The molecule has 2 atom stereocenters. The smallest absolute Gasteiger partial charge is 0.431 e. The molecule has 11 heteroatoms. The number of alkyl halides is 3. The molecule has 194 valence electrons. The largest absolute Gasteiger partial charge is 0.497 e. The third-order valence-corrected chi connectivity index (χ3v) is 6.87. The molecule has 2 aromatic rings. The molecule has 0 spiro atoms. The minimum Gasteiger partial charge on any atom is -0.497 e. The van der Waals surface area contributed by atoms with Gasteiger partial charge in [-0.15, -0.1) is 0 Å². The lowest BCUT2D eigenvalue weighted by Crippen LogP contribution is -2.38. The van der Waals surface area contributed by atoms with Crippen molar-refractivity contribution >= 4 is 34.7 Å². The van der Waals surface area contributed by atoms with Gasteiger partial charge in [-0.2, -0.15) is 18.3 Å².